The molecule has 8 heteroatoms. The Hall–Kier alpha value is -3.16. The van der Waals surface area contributed by atoms with E-state index in [0.717, 1.165) is 30.8 Å². The van der Waals surface area contributed by atoms with Crippen molar-refractivity contribution < 1.29 is 4.79 Å². The van der Waals surface area contributed by atoms with E-state index in [9.17, 15) is 14.4 Å². The zero-order valence-electron chi connectivity index (χ0n) is 14.7. The summed E-state index contributed by atoms with van der Waals surface area (Å²) in [4.78, 5) is 43.2. The van der Waals surface area contributed by atoms with E-state index < -0.39 is 0 Å². The zero-order chi connectivity index (χ0) is 18.5. The van der Waals surface area contributed by atoms with Gasteiger partial charge in [0.1, 0.15) is 5.82 Å². The summed E-state index contributed by atoms with van der Waals surface area (Å²) < 4.78 is 1.73. The van der Waals surface area contributed by atoms with Gasteiger partial charge in [0.05, 0.1) is 10.9 Å². The first-order chi connectivity index (χ1) is 13.1. The molecule has 1 saturated heterocycles. The molecule has 1 aromatic carbocycles. The van der Waals surface area contributed by atoms with Crippen LogP contribution < -0.4 is 11.1 Å². The molecular formula is C19H19N5O3. The van der Waals surface area contributed by atoms with Crippen LogP contribution in [-0.2, 0) is 13.0 Å². The van der Waals surface area contributed by atoms with Crippen LogP contribution in [0.5, 0.6) is 0 Å². The van der Waals surface area contributed by atoms with Crippen molar-refractivity contribution in [2.45, 2.75) is 31.7 Å². The van der Waals surface area contributed by atoms with Crippen LogP contribution in [0.2, 0.25) is 0 Å². The fraction of sp³-hybridized carbons (Fsp3) is 0.368. The third-order valence-electron chi connectivity index (χ3n) is 5.60. The predicted molar refractivity (Wildman–Crippen MR) is 99.0 cm³/mol. The number of carbonyl (C=O) groups is 1. The monoisotopic (exact) mass is 365 g/mol. The Bertz CT molecular complexity index is 1170. The van der Waals surface area contributed by atoms with Gasteiger partial charge in [-0.15, -0.1) is 0 Å². The lowest BCUT2D eigenvalue weighted by molar-refractivity contribution is 0.0791. The van der Waals surface area contributed by atoms with Crippen molar-refractivity contribution in [2.24, 2.45) is 0 Å². The fourth-order valence-corrected chi connectivity index (χ4v) is 4.17. The summed E-state index contributed by atoms with van der Waals surface area (Å²) in [5.41, 5.74) is 1.78. The van der Waals surface area contributed by atoms with Gasteiger partial charge in [-0.1, -0.05) is 0 Å². The number of aryl methyl sites for hydroxylation is 1. The number of H-pyrrole nitrogens is 2. The number of benzene rings is 1. The van der Waals surface area contributed by atoms with Gasteiger partial charge in [0.2, 0.25) is 0 Å². The molecular weight excluding hydrogens is 346 g/mol. The molecule has 4 heterocycles. The third-order valence-corrected chi connectivity index (χ3v) is 5.60. The number of likely N-dealkylation sites (tertiary alicyclic amines) is 1. The SMILES string of the molecule is O=C(c1ccc2c(=O)n3c(nc2c1)CCC3)N1CCC(c2cc(=O)[nH][nH]2)C1. The van der Waals surface area contributed by atoms with Crippen molar-refractivity contribution in [1.82, 2.24) is 24.6 Å². The average molecular weight is 365 g/mol. The molecule has 2 aliphatic rings. The van der Waals surface area contributed by atoms with Gasteiger partial charge in [-0.05, 0) is 31.0 Å². The molecule has 0 aliphatic carbocycles. The van der Waals surface area contributed by atoms with Gasteiger partial charge in [0.15, 0.2) is 0 Å². The maximum atomic E-state index is 12.9. The smallest absolute Gasteiger partial charge is 0.264 e. The highest BCUT2D eigenvalue weighted by atomic mass is 16.2. The van der Waals surface area contributed by atoms with Crippen molar-refractivity contribution in [2.75, 3.05) is 13.1 Å². The number of fused-ring (bicyclic) bond motifs is 2. The van der Waals surface area contributed by atoms with E-state index in [-0.39, 0.29) is 22.9 Å². The molecule has 3 aromatic rings. The number of nitrogens with zero attached hydrogens (tertiary/aromatic N) is 3. The Balaban J connectivity index is 1.43. The average Bonchev–Trinajstić information content (AvgIpc) is 3.40. The second-order valence-corrected chi connectivity index (χ2v) is 7.27. The van der Waals surface area contributed by atoms with Crippen LogP contribution in [0.1, 0.15) is 40.6 Å². The van der Waals surface area contributed by atoms with Crippen LogP contribution in [0.15, 0.2) is 33.9 Å². The standard InChI is InChI=1S/C19H19N5O3/c25-17-9-14(21-22-17)12-5-7-23(10-12)18(26)11-3-4-13-15(8-11)20-16-2-1-6-24(16)19(13)27/h3-4,8-9,12H,1-2,5-7,10H2,(H2,21,22,25). The van der Waals surface area contributed by atoms with Crippen LogP contribution in [0, 0.1) is 0 Å². The van der Waals surface area contributed by atoms with Crippen LogP contribution in [0.25, 0.3) is 10.9 Å². The minimum atomic E-state index is -0.158. The second-order valence-electron chi connectivity index (χ2n) is 7.27. The first-order valence-electron chi connectivity index (χ1n) is 9.20. The molecule has 1 unspecified atom stereocenters. The van der Waals surface area contributed by atoms with E-state index in [4.69, 9.17) is 0 Å². The van der Waals surface area contributed by atoms with Gasteiger partial charge >= 0.3 is 0 Å². The molecule has 0 spiro atoms. The van der Waals surface area contributed by atoms with Gasteiger partial charge in [-0.25, -0.2) is 4.98 Å². The summed E-state index contributed by atoms with van der Waals surface area (Å²) in [7, 11) is 0. The van der Waals surface area contributed by atoms with Gasteiger partial charge in [0, 0.05) is 49.3 Å². The number of hydrogen-bond donors (Lipinski definition) is 2. The van der Waals surface area contributed by atoms with E-state index in [1.165, 1.54) is 0 Å². The number of rotatable bonds is 2. The molecule has 1 amide bonds. The third kappa shape index (κ3) is 2.59. The summed E-state index contributed by atoms with van der Waals surface area (Å²) in [6.45, 7) is 1.91. The van der Waals surface area contributed by atoms with Crippen LogP contribution in [-0.4, -0.2) is 43.6 Å². The molecule has 138 valence electrons. The zero-order valence-corrected chi connectivity index (χ0v) is 14.7. The summed E-state index contributed by atoms with van der Waals surface area (Å²) in [6, 6.07) is 6.69. The molecule has 8 nitrogen and oxygen atoms in total. The maximum absolute atomic E-state index is 12.9. The quantitative estimate of drug-likeness (QED) is 0.707. The van der Waals surface area contributed by atoms with Crippen molar-refractivity contribution in [3.05, 3.63) is 62.1 Å². The van der Waals surface area contributed by atoms with Crippen molar-refractivity contribution >= 4 is 16.8 Å². The molecule has 2 aliphatic heterocycles. The first-order valence-corrected chi connectivity index (χ1v) is 9.20. The number of nitrogens with one attached hydrogen (secondary N) is 2. The number of aromatic nitrogens is 4. The highest BCUT2D eigenvalue weighted by molar-refractivity contribution is 5.97. The molecule has 0 radical (unpaired) electrons. The first kappa shape index (κ1) is 16.0. The Morgan fingerprint density at radius 1 is 1.15 bits per heavy atom. The van der Waals surface area contributed by atoms with Crippen molar-refractivity contribution in [3.63, 3.8) is 0 Å². The van der Waals surface area contributed by atoms with Crippen LogP contribution >= 0.6 is 0 Å². The Kier molecular flexibility index (Phi) is 3.53. The molecule has 5 rings (SSSR count). The molecule has 2 N–H and O–H groups in total. The maximum Gasteiger partial charge on any atom is 0.264 e. The predicted octanol–water partition coefficient (Wildman–Crippen LogP) is 0.989. The summed E-state index contributed by atoms with van der Waals surface area (Å²) in [6.07, 6.45) is 2.53. The van der Waals surface area contributed by atoms with Gasteiger partial charge in [0.25, 0.3) is 17.0 Å². The second kappa shape index (κ2) is 5.94. The summed E-state index contributed by atoms with van der Waals surface area (Å²) in [5.74, 6) is 0.855. The molecule has 2 aromatic heterocycles. The lowest BCUT2D eigenvalue weighted by Crippen LogP contribution is -2.28. The highest BCUT2D eigenvalue weighted by Gasteiger charge is 2.29. The van der Waals surface area contributed by atoms with E-state index >= 15 is 0 Å². The Labute approximate surface area is 153 Å². The van der Waals surface area contributed by atoms with E-state index in [1.807, 2.05) is 0 Å². The normalized spacial score (nSPS) is 19.0. The summed E-state index contributed by atoms with van der Waals surface area (Å²) >= 11 is 0. The van der Waals surface area contributed by atoms with Crippen molar-refractivity contribution in [3.8, 4) is 0 Å². The lowest BCUT2D eigenvalue weighted by atomic mass is 10.1. The van der Waals surface area contributed by atoms with Gasteiger partial charge in [-0.2, -0.15) is 0 Å². The number of hydrogen-bond acceptors (Lipinski definition) is 4. The van der Waals surface area contributed by atoms with Crippen LogP contribution in [0.4, 0.5) is 0 Å². The molecule has 1 fully saturated rings. The van der Waals surface area contributed by atoms with Gasteiger partial charge < -0.3 is 10.00 Å². The van der Waals surface area contributed by atoms with E-state index in [0.29, 0.717) is 36.1 Å². The van der Waals surface area contributed by atoms with E-state index in [1.54, 1.807) is 33.7 Å². The molecule has 27 heavy (non-hydrogen) atoms. The van der Waals surface area contributed by atoms with Gasteiger partial charge in [-0.3, -0.25) is 24.0 Å². The Morgan fingerprint density at radius 2 is 2.04 bits per heavy atom. The van der Waals surface area contributed by atoms with Crippen LogP contribution in [0.3, 0.4) is 0 Å². The molecule has 1 atom stereocenters. The minimum Gasteiger partial charge on any atom is -0.338 e. The number of aromatic amines is 2. The minimum absolute atomic E-state index is 0.0239. The molecule has 0 saturated carbocycles. The largest absolute Gasteiger partial charge is 0.338 e. The lowest BCUT2D eigenvalue weighted by Gasteiger charge is -2.16. The topological polar surface area (TPSA) is 104 Å². The fourth-order valence-electron chi connectivity index (χ4n) is 4.17. The van der Waals surface area contributed by atoms with E-state index in [2.05, 4.69) is 15.2 Å². The number of carbonyl (C=O) groups excluding carboxylic acids is 1. The Morgan fingerprint density at radius 3 is 2.85 bits per heavy atom. The summed E-state index contributed by atoms with van der Waals surface area (Å²) in [5, 5.41) is 5.98. The van der Waals surface area contributed by atoms with Crippen molar-refractivity contribution in [1.29, 1.82) is 0 Å². The highest BCUT2D eigenvalue weighted by Crippen LogP contribution is 2.26. The number of amides is 1. The molecule has 0 bridgehead atoms.